The Morgan fingerprint density at radius 2 is 2.21 bits per heavy atom. The summed E-state index contributed by atoms with van der Waals surface area (Å²) in [6.07, 6.45) is 6.14. The van der Waals surface area contributed by atoms with Crippen LogP contribution in [-0.4, -0.2) is 40.5 Å². The predicted octanol–water partition coefficient (Wildman–Crippen LogP) is 3.92. The molecule has 152 valence electrons. The maximum atomic E-state index is 12.2. The van der Waals surface area contributed by atoms with Gasteiger partial charge in [0.2, 0.25) is 5.91 Å². The van der Waals surface area contributed by atoms with Crippen molar-refractivity contribution in [3.8, 4) is 23.7 Å². The minimum absolute atomic E-state index is 0.00964. The number of carbonyl (C=O) groups excluding carboxylic acids is 1. The molecular formula is C22H24N2O4S. The topological polar surface area (TPSA) is 87.0 Å². The van der Waals surface area contributed by atoms with Gasteiger partial charge in [0, 0.05) is 19.3 Å². The van der Waals surface area contributed by atoms with Crippen LogP contribution >= 0.6 is 11.3 Å². The number of aromatic carboxylic acids is 1. The summed E-state index contributed by atoms with van der Waals surface area (Å²) >= 11 is 1.10. The molecule has 2 rings (SSSR count). The number of thiophene rings is 1. The van der Waals surface area contributed by atoms with E-state index in [2.05, 4.69) is 28.9 Å². The van der Waals surface area contributed by atoms with Crippen LogP contribution in [0.25, 0.3) is 0 Å². The number of hydrogen-bond acceptors (Lipinski definition) is 5. The van der Waals surface area contributed by atoms with Crippen LogP contribution in [0.2, 0.25) is 0 Å². The minimum atomic E-state index is -0.976. The quantitative estimate of drug-likeness (QED) is 0.418. The summed E-state index contributed by atoms with van der Waals surface area (Å²) < 4.78 is 0. The third-order valence-electron chi connectivity index (χ3n) is 4.61. The van der Waals surface area contributed by atoms with Crippen LogP contribution in [0.3, 0.4) is 0 Å². The second kappa shape index (κ2) is 11.2. The van der Waals surface area contributed by atoms with Gasteiger partial charge in [0.15, 0.2) is 0 Å². The molecule has 1 aliphatic heterocycles. The summed E-state index contributed by atoms with van der Waals surface area (Å²) in [4.78, 5) is 36.9. The molecule has 1 amide bonds. The predicted molar refractivity (Wildman–Crippen MR) is 113 cm³/mol. The Morgan fingerprint density at radius 1 is 1.41 bits per heavy atom. The molecule has 1 unspecified atom stereocenters. The molecule has 0 saturated carbocycles. The van der Waals surface area contributed by atoms with Gasteiger partial charge in [-0.3, -0.25) is 4.79 Å². The van der Waals surface area contributed by atoms with Gasteiger partial charge in [-0.2, -0.15) is 4.91 Å². The fourth-order valence-electron chi connectivity index (χ4n) is 2.94. The Balaban J connectivity index is 2.00. The van der Waals surface area contributed by atoms with E-state index in [1.165, 1.54) is 6.07 Å². The molecule has 1 aromatic heterocycles. The molecule has 1 fully saturated rings. The highest BCUT2D eigenvalue weighted by Gasteiger charge is 2.28. The maximum Gasteiger partial charge on any atom is 0.345 e. The van der Waals surface area contributed by atoms with Crippen molar-refractivity contribution >= 4 is 23.2 Å². The summed E-state index contributed by atoms with van der Waals surface area (Å²) in [5.41, 5.74) is 0. The number of carboxylic acid groups (broad SMARTS) is 1. The van der Waals surface area contributed by atoms with Gasteiger partial charge in [-0.25, -0.2) is 4.79 Å². The second-order valence-electron chi connectivity index (χ2n) is 6.77. The molecule has 6 nitrogen and oxygen atoms in total. The average Bonchev–Trinajstić information content (AvgIpc) is 3.30. The first kappa shape index (κ1) is 22.4. The lowest BCUT2D eigenvalue weighted by molar-refractivity contribution is -0.127. The van der Waals surface area contributed by atoms with E-state index in [4.69, 9.17) is 5.11 Å². The SMILES string of the molecule is CCC#CCC(C)[C@H](/C=C/[C@H]1CCC(=O)N1CC#Cc1ccc(C(=O)O)s1)N=O. The highest BCUT2D eigenvalue weighted by Crippen LogP contribution is 2.21. The molecular weight excluding hydrogens is 388 g/mol. The Bertz CT molecular complexity index is 897. The van der Waals surface area contributed by atoms with E-state index in [1.54, 1.807) is 17.0 Å². The zero-order chi connectivity index (χ0) is 21.2. The second-order valence-corrected chi connectivity index (χ2v) is 7.85. The van der Waals surface area contributed by atoms with E-state index in [1.807, 2.05) is 19.9 Å². The van der Waals surface area contributed by atoms with Crippen LogP contribution in [-0.2, 0) is 4.79 Å². The van der Waals surface area contributed by atoms with Crippen molar-refractivity contribution in [3.05, 3.63) is 38.9 Å². The van der Waals surface area contributed by atoms with E-state index >= 15 is 0 Å². The van der Waals surface area contributed by atoms with E-state index in [9.17, 15) is 14.5 Å². The van der Waals surface area contributed by atoms with Crippen LogP contribution in [0.15, 0.2) is 29.5 Å². The largest absolute Gasteiger partial charge is 0.477 e. The van der Waals surface area contributed by atoms with Crippen LogP contribution in [0.4, 0.5) is 0 Å². The lowest BCUT2D eigenvalue weighted by Crippen LogP contribution is -2.32. The lowest BCUT2D eigenvalue weighted by Gasteiger charge is -2.20. The zero-order valence-electron chi connectivity index (χ0n) is 16.6. The third-order valence-corrected chi connectivity index (χ3v) is 5.60. The van der Waals surface area contributed by atoms with Crippen molar-refractivity contribution < 1.29 is 14.7 Å². The zero-order valence-corrected chi connectivity index (χ0v) is 17.4. The summed E-state index contributed by atoms with van der Waals surface area (Å²) in [5.74, 6) is 11.0. The fraction of sp³-hybridized carbons (Fsp3) is 0.455. The van der Waals surface area contributed by atoms with Crippen LogP contribution in [0.5, 0.6) is 0 Å². The number of carboxylic acids is 1. The van der Waals surface area contributed by atoms with Crippen molar-refractivity contribution in [2.45, 2.75) is 51.6 Å². The Morgan fingerprint density at radius 3 is 2.86 bits per heavy atom. The van der Waals surface area contributed by atoms with Crippen molar-refractivity contribution in [1.82, 2.24) is 4.90 Å². The minimum Gasteiger partial charge on any atom is -0.477 e. The fourth-order valence-corrected chi connectivity index (χ4v) is 3.66. The highest BCUT2D eigenvalue weighted by molar-refractivity contribution is 7.14. The standard InChI is InChI=1S/C22H24N2O4S/c1-3-4-5-7-16(2)19(23-28)12-9-17-10-14-21(25)24(17)15-6-8-18-11-13-20(29-18)22(26)27/h9,11-13,16-17,19H,3,7,10,14-15H2,1-2H3,(H,26,27)/b12-9+/t16?,17-,19-/m0/s1. The van der Waals surface area contributed by atoms with E-state index < -0.39 is 12.0 Å². The van der Waals surface area contributed by atoms with Crippen LogP contribution < -0.4 is 0 Å². The lowest BCUT2D eigenvalue weighted by atomic mass is 9.98. The van der Waals surface area contributed by atoms with Crippen LogP contribution in [0, 0.1) is 34.5 Å². The number of likely N-dealkylation sites (tertiary alicyclic amines) is 1. The number of carbonyl (C=O) groups is 2. The van der Waals surface area contributed by atoms with Gasteiger partial charge < -0.3 is 10.0 Å². The molecule has 2 heterocycles. The highest BCUT2D eigenvalue weighted by atomic mass is 32.1. The van der Waals surface area contributed by atoms with Crippen molar-refractivity contribution in [1.29, 1.82) is 0 Å². The molecule has 1 aliphatic rings. The molecule has 0 aliphatic carbocycles. The smallest absolute Gasteiger partial charge is 0.345 e. The number of rotatable bonds is 7. The molecule has 1 N–H and O–H groups in total. The summed E-state index contributed by atoms with van der Waals surface area (Å²) in [5, 5.41) is 12.2. The summed E-state index contributed by atoms with van der Waals surface area (Å²) in [7, 11) is 0. The maximum absolute atomic E-state index is 12.2. The first-order chi connectivity index (χ1) is 14.0. The Hall–Kier alpha value is -2.90. The Labute approximate surface area is 175 Å². The van der Waals surface area contributed by atoms with Gasteiger partial charge in [-0.15, -0.1) is 23.2 Å². The third kappa shape index (κ3) is 6.58. The van der Waals surface area contributed by atoms with Gasteiger partial charge in [0.05, 0.1) is 17.5 Å². The number of nitrogens with zero attached hydrogens (tertiary/aromatic N) is 2. The van der Waals surface area contributed by atoms with Gasteiger partial charge in [-0.05, 0) is 24.5 Å². The van der Waals surface area contributed by atoms with Crippen molar-refractivity contribution in [2.24, 2.45) is 11.1 Å². The number of hydrogen-bond donors (Lipinski definition) is 1. The molecule has 1 aromatic rings. The molecule has 29 heavy (non-hydrogen) atoms. The van der Waals surface area contributed by atoms with Gasteiger partial charge >= 0.3 is 5.97 Å². The normalized spacial score (nSPS) is 17.9. The average molecular weight is 413 g/mol. The molecule has 0 bridgehead atoms. The van der Waals surface area contributed by atoms with Crippen molar-refractivity contribution in [3.63, 3.8) is 0 Å². The monoisotopic (exact) mass is 412 g/mol. The summed E-state index contributed by atoms with van der Waals surface area (Å²) in [6.45, 7) is 4.17. The van der Waals surface area contributed by atoms with Gasteiger partial charge in [0.25, 0.3) is 0 Å². The van der Waals surface area contributed by atoms with E-state index in [0.29, 0.717) is 24.1 Å². The first-order valence-electron chi connectivity index (χ1n) is 9.54. The van der Waals surface area contributed by atoms with E-state index in [0.717, 1.165) is 17.8 Å². The van der Waals surface area contributed by atoms with Crippen LogP contribution in [0.1, 0.15) is 54.1 Å². The Kier molecular flexibility index (Phi) is 8.64. The molecule has 7 heteroatoms. The molecule has 3 atom stereocenters. The van der Waals surface area contributed by atoms with Gasteiger partial charge in [0.1, 0.15) is 10.9 Å². The molecule has 1 saturated heterocycles. The van der Waals surface area contributed by atoms with E-state index in [-0.39, 0.29) is 29.3 Å². The number of nitroso groups, excluding NO2 is 1. The first-order valence-corrected chi connectivity index (χ1v) is 10.4. The molecule has 0 radical (unpaired) electrons. The summed E-state index contributed by atoms with van der Waals surface area (Å²) in [6, 6.07) is 2.58. The molecule has 0 aromatic carbocycles. The molecule has 0 spiro atoms. The van der Waals surface area contributed by atoms with Gasteiger partial charge in [-0.1, -0.05) is 43.0 Å². The number of amides is 1. The van der Waals surface area contributed by atoms with Crippen molar-refractivity contribution in [2.75, 3.05) is 6.54 Å².